The Morgan fingerprint density at radius 2 is 2.03 bits per heavy atom. The Hall–Kier alpha value is -1.06. The zero-order valence-electron chi connectivity index (χ0n) is 18.5. The summed E-state index contributed by atoms with van der Waals surface area (Å²) in [5, 5.41) is 6.72. The fraction of sp³-hybridized carbons (Fsp3) is 0.696. The highest BCUT2D eigenvalue weighted by Gasteiger charge is 2.20. The van der Waals surface area contributed by atoms with Gasteiger partial charge in [-0.2, -0.15) is 0 Å². The van der Waals surface area contributed by atoms with Crippen LogP contribution in [0.4, 0.5) is 0 Å². The van der Waals surface area contributed by atoms with Crippen molar-refractivity contribution in [2.75, 3.05) is 46.1 Å². The Labute approximate surface area is 198 Å². The van der Waals surface area contributed by atoms with Gasteiger partial charge < -0.3 is 24.8 Å². The Balaban J connectivity index is 0.00000320. The molecular formula is C23H38IN3O3. The van der Waals surface area contributed by atoms with Gasteiger partial charge in [0.2, 0.25) is 0 Å². The lowest BCUT2D eigenvalue weighted by atomic mass is 10.1. The van der Waals surface area contributed by atoms with E-state index in [9.17, 15) is 0 Å². The maximum atomic E-state index is 6.14. The van der Waals surface area contributed by atoms with Crippen LogP contribution in [-0.2, 0) is 16.0 Å². The van der Waals surface area contributed by atoms with Crippen molar-refractivity contribution in [1.82, 2.24) is 10.6 Å². The van der Waals surface area contributed by atoms with E-state index in [0.29, 0.717) is 19.1 Å². The summed E-state index contributed by atoms with van der Waals surface area (Å²) in [5.41, 5.74) is 2.31. The van der Waals surface area contributed by atoms with E-state index in [1.807, 2.05) is 0 Å². The molecule has 6 nitrogen and oxygen atoms in total. The van der Waals surface area contributed by atoms with Gasteiger partial charge in [-0.05, 0) is 57.1 Å². The third-order valence-corrected chi connectivity index (χ3v) is 5.28. The number of aryl methyl sites for hydroxylation is 1. The molecule has 1 atom stereocenters. The minimum atomic E-state index is 0. The Kier molecular flexibility index (Phi) is 11.8. The number of halogens is 1. The molecule has 0 bridgehead atoms. The second-order valence-electron chi connectivity index (χ2n) is 8.15. The smallest absolute Gasteiger partial charge is 0.191 e. The number of aliphatic imine (C=N–C) groups is 1. The predicted molar refractivity (Wildman–Crippen MR) is 132 cm³/mol. The molecule has 2 N–H and O–H groups in total. The summed E-state index contributed by atoms with van der Waals surface area (Å²) >= 11 is 0. The SMILES string of the molecule is CCNC(=NCc1ccc(C)cc1OCC1CCOC1)NCCCOCC1CC1.I. The highest BCUT2D eigenvalue weighted by molar-refractivity contribution is 14.0. The van der Waals surface area contributed by atoms with Crippen LogP contribution in [0.2, 0.25) is 0 Å². The van der Waals surface area contributed by atoms with E-state index in [1.54, 1.807) is 0 Å². The van der Waals surface area contributed by atoms with Crippen LogP contribution in [0.1, 0.15) is 43.7 Å². The quantitative estimate of drug-likeness (QED) is 0.186. The molecule has 30 heavy (non-hydrogen) atoms. The number of nitrogens with one attached hydrogen (secondary N) is 2. The van der Waals surface area contributed by atoms with Gasteiger partial charge in [0, 0.05) is 44.4 Å². The monoisotopic (exact) mass is 531 g/mol. The zero-order valence-corrected chi connectivity index (χ0v) is 20.8. The second kappa shape index (κ2) is 14.1. The molecule has 3 rings (SSSR count). The molecule has 170 valence electrons. The largest absolute Gasteiger partial charge is 0.493 e. The molecule has 1 unspecified atom stereocenters. The van der Waals surface area contributed by atoms with Gasteiger partial charge in [-0.1, -0.05) is 12.1 Å². The molecule has 0 amide bonds. The van der Waals surface area contributed by atoms with E-state index < -0.39 is 0 Å². The van der Waals surface area contributed by atoms with Gasteiger partial charge >= 0.3 is 0 Å². The van der Waals surface area contributed by atoms with Crippen LogP contribution in [0.15, 0.2) is 23.2 Å². The van der Waals surface area contributed by atoms with Crippen molar-refractivity contribution in [1.29, 1.82) is 0 Å². The molecular weight excluding hydrogens is 493 g/mol. The number of hydrogen-bond donors (Lipinski definition) is 2. The number of hydrogen-bond acceptors (Lipinski definition) is 4. The Morgan fingerprint density at radius 1 is 1.17 bits per heavy atom. The third kappa shape index (κ3) is 9.39. The lowest BCUT2D eigenvalue weighted by Gasteiger charge is -2.15. The minimum Gasteiger partial charge on any atom is -0.493 e. The van der Waals surface area contributed by atoms with E-state index in [4.69, 9.17) is 19.2 Å². The highest BCUT2D eigenvalue weighted by Crippen LogP contribution is 2.28. The molecule has 0 spiro atoms. The third-order valence-electron chi connectivity index (χ3n) is 5.28. The lowest BCUT2D eigenvalue weighted by Crippen LogP contribution is -2.38. The van der Waals surface area contributed by atoms with Gasteiger partial charge in [0.1, 0.15) is 5.75 Å². The van der Waals surface area contributed by atoms with Crippen LogP contribution in [0.3, 0.4) is 0 Å². The van der Waals surface area contributed by atoms with Gasteiger partial charge in [0.05, 0.1) is 19.8 Å². The molecule has 0 aromatic heterocycles. The first-order chi connectivity index (χ1) is 14.2. The van der Waals surface area contributed by atoms with Crippen molar-refractivity contribution >= 4 is 29.9 Å². The number of ether oxygens (including phenoxy) is 3. The molecule has 1 saturated heterocycles. The highest BCUT2D eigenvalue weighted by atomic mass is 127. The maximum absolute atomic E-state index is 6.14. The minimum absolute atomic E-state index is 0. The fourth-order valence-electron chi connectivity index (χ4n) is 3.27. The van der Waals surface area contributed by atoms with Gasteiger partial charge in [0.25, 0.3) is 0 Å². The first kappa shape index (κ1) is 25.2. The van der Waals surface area contributed by atoms with E-state index >= 15 is 0 Å². The molecule has 1 heterocycles. The molecule has 2 aliphatic rings. The summed E-state index contributed by atoms with van der Waals surface area (Å²) in [4.78, 5) is 4.76. The van der Waals surface area contributed by atoms with Gasteiger partial charge in [-0.3, -0.25) is 0 Å². The van der Waals surface area contributed by atoms with E-state index in [0.717, 1.165) is 75.5 Å². The van der Waals surface area contributed by atoms with Crippen LogP contribution < -0.4 is 15.4 Å². The van der Waals surface area contributed by atoms with Crippen LogP contribution >= 0.6 is 24.0 Å². The van der Waals surface area contributed by atoms with E-state index in [2.05, 4.69) is 42.7 Å². The van der Waals surface area contributed by atoms with Gasteiger partial charge in [-0.15, -0.1) is 24.0 Å². The number of benzene rings is 1. The van der Waals surface area contributed by atoms with Crippen molar-refractivity contribution in [2.45, 2.75) is 46.1 Å². The summed E-state index contributed by atoms with van der Waals surface area (Å²) in [6.07, 6.45) is 4.75. The molecule has 7 heteroatoms. The van der Waals surface area contributed by atoms with E-state index in [1.165, 1.54) is 18.4 Å². The summed E-state index contributed by atoms with van der Waals surface area (Å²) < 4.78 is 17.3. The van der Waals surface area contributed by atoms with Gasteiger partial charge in [-0.25, -0.2) is 4.99 Å². The molecule has 1 aromatic rings. The standard InChI is InChI=1S/C23H37N3O3.HI/c1-3-24-23(25-10-4-11-27-15-19-6-7-19)26-14-21-8-5-18(2)13-22(21)29-17-20-9-12-28-16-20;/h5,8,13,19-20H,3-4,6-7,9-12,14-17H2,1-2H3,(H2,24,25,26);1H. The molecule has 1 aromatic carbocycles. The number of rotatable bonds is 12. The van der Waals surface area contributed by atoms with Crippen molar-refractivity contribution in [3.8, 4) is 5.75 Å². The Morgan fingerprint density at radius 3 is 2.77 bits per heavy atom. The fourth-order valence-corrected chi connectivity index (χ4v) is 3.27. The first-order valence-corrected chi connectivity index (χ1v) is 11.1. The van der Waals surface area contributed by atoms with Crippen molar-refractivity contribution in [2.24, 2.45) is 16.8 Å². The van der Waals surface area contributed by atoms with Crippen LogP contribution in [-0.4, -0.2) is 52.1 Å². The van der Waals surface area contributed by atoms with Crippen molar-refractivity contribution in [3.63, 3.8) is 0 Å². The van der Waals surface area contributed by atoms with Gasteiger partial charge in [0.15, 0.2) is 5.96 Å². The maximum Gasteiger partial charge on any atom is 0.191 e. The zero-order chi connectivity index (χ0) is 20.3. The van der Waals surface area contributed by atoms with Crippen LogP contribution in [0.25, 0.3) is 0 Å². The molecule has 0 radical (unpaired) electrons. The first-order valence-electron chi connectivity index (χ1n) is 11.1. The lowest BCUT2D eigenvalue weighted by molar-refractivity contribution is 0.123. The molecule has 2 fully saturated rings. The normalized spacial score (nSPS) is 18.7. The Bertz CT molecular complexity index is 647. The van der Waals surface area contributed by atoms with Crippen molar-refractivity contribution in [3.05, 3.63) is 29.3 Å². The molecule has 1 aliphatic carbocycles. The summed E-state index contributed by atoms with van der Waals surface area (Å²) in [7, 11) is 0. The average Bonchev–Trinajstić information content (AvgIpc) is 3.40. The molecule has 1 saturated carbocycles. The van der Waals surface area contributed by atoms with Crippen LogP contribution in [0, 0.1) is 18.8 Å². The topological polar surface area (TPSA) is 64.1 Å². The summed E-state index contributed by atoms with van der Waals surface area (Å²) in [6, 6.07) is 6.35. The summed E-state index contributed by atoms with van der Waals surface area (Å²) in [5.74, 6) is 3.09. The molecule has 1 aliphatic heterocycles. The predicted octanol–water partition coefficient (Wildman–Crippen LogP) is 3.90. The summed E-state index contributed by atoms with van der Waals surface area (Å²) in [6.45, 7) is 10.6. The average molecular weight is 531 g/mol. The van der Waals surface area contributed by atoms with Crippen LogP contribution in [0.5, 0.6) is 5.75 Å². The number of nitrogens with zero attached hydrogens (tertiary/aromatic N) is 1. The second-order valence-corrected chi connectivity index (χ2v) is 8.15. The van der Waals surface area contributed by atoms with E-state index in [-0.39, 0.29) is 24.0 Å². The van der Waals surface area contributed by atoms with Crippen molar-refractivity contribution < 1.29 is 14.2 Å². The number of guanidine groups is 1.